The van der Waals surface area contributed by atoms with Crippen LogP contribution < -0.4 is 10.6 Å². The van der Waals surface area contributed by atoms with Crippen LogP contribution in [-0.4, -0.2) is 22.6 Å². The Kier molecular flexibility index (Phi) is 7.13. The van der Waals surface area contributed by atoms with Crippen molar-refractivity contribution in [1.82, 2.24) is 9.97 Å². The molecule has 0 radical (unpaired) electrons. The molecule has 1 heterocycles. The van der Waals surface area contributed by atoms with Crippen molar-refractivity contribution in [1.29, 1.82) is 0 Å². The van der Waals surface area contributed by atoms with Gasteiger partial charge in [-0.2, -0.15) is 0 Å². The number of hydrogen-bond donors (Lipinski definition) is 2. The van der Waals surface area contributed by atoms with Crippen molar-refractivity contribution in [2.45, 2.75) is 53.0 Å². The molecule has 1 aromatic heterocycles. The summed E-state index contributed by atoms with van der Waals surface area (Å²) >= 11 is 3.57. The predicted molar refractivity (Wildman–Crippen MR) is 85.7 cm³/mol. The van der Waals surface area contributed by atoms with Crippen LogP contribution in [0.1, 0.15) is 47.0 Å². The van der Waals surface area contributed by atoms with Crippen molar-refractivity contribution in [3.63, 3.8) is 0 Å². The molecule has 0 aromatic carbocycles. The van der Waals surface area contributed by atoms with E-state index in [1.54, 1.807) is 6.33 Å². The van der Waals surface area contributed by atoms with Gasteiger partial charge in [0, 0.05) is 12.6 Å². The molecule has 0 spiro atoms. The quantitative estimate of drug-likeness (QED) is 0.747. The second-order valence-corrected chi connectivity index (χ2v) is 5.90. The third kappa shape index (κ3) is 5.35. The minimum absolute atomic E-state index is 0.403. The van der Waals surface area contributed by atoms with E-state index in [4.69, 9.17) is 0 Å². The normalized spacial score (nSPS) is 13.9. The predicted octanol–water partition coefficient (Wildman–Crippen LogP) is 4.30. The van der Waals surface area contributed by atoms with Gasteiger partial charge in [0.1, 0.15) is 22.4 Å². The largest absolute Gasteiger partial charge is 0.369 e. The monoisotopic (exact) mass is 328 g/mol. The minimum Gasteiger partial charge on any atom is -0.369 e. The molecular weight excluding hydrogens is 304 g/mol. The van der Waals surface area contributed by atoms with E-state index in [1.807, 2.05) is 0 Å². The molecule has 19 heavy (non-hydrogen) atoms. The zero-order valence-corrected chi connectivity index (χ0v) is 13.9. The maximum absolute atomic E-state index is 4.31. The van der Waals surface area contributed by atoms with E-state index in [-0.39, 0.29) is 0 Å². The first-order chi connectivity index (χ1) is 9.08. The highest BCUT2D eigenvalue weighted by Gasteiger charge is 2.12. The van der Waals surface area contributed by atoms with Crippen LogP contribution in [0.4, 0.5) is 11.6 Å². The van der Waals surface area contributed by atoms with Crippen LogP contribution in [0.3, 0.4) is 0 Å². The molecule has 2 atom stereocenters. The Bertz CT molecular complexity index is 384. The van der Waals surface area contributed by atoms with Crippen molar-refractivity contribution >= 4 is 27.6 Å². The van der Waals surface area contributed by atoms with E-state index < -0.39 is 0 Å². The number of aromatic nitrogens is 2. The second-order valence-electron chi connectivity index (χ2n) is 5.11. The molecule has 0 saturated carbocycles. The van der Waals surface area contributed by atoms with Crippen molar-refractivity contribution < 1.29 is 0 Å². The van der Waals surface area contributed by atoms with Gasteiger partial charge in [-0.1, -0.05) is 27.2 Å². The molecular formula is C14H25BrN4. The highest BCUT2D eigenvalue weighted by Crippen LogP contribution is 2.27. The SMILES string of the molecule is CCCNc1ncnc(NC(C)CC(C)CC)c1Br. The lowest BCUT2D eigenvalue weighted by Crippen LogP contribution is -2.19. The molecule has 1 aromatic rings. The molecule has 2 unspecified atom stereocenters. The van der Waals surface area contributed by atoms with Crippen LogP contribution in [0.15, 0.2) is 10.8 Å². The summed E-state index contributed by atoms with van der Waals surface area (Å²) in [6, 6.07) is 0.403. The van der Waals surface area contributed by atoms with Crippen molar-refractivity contribution in [3.8, 4) is 0 Å². The van der Waals surface area contributed by atoms with E-state index in [1.165, 1.54) is 6.42 Å². The first kappa shape index (κ1) is 16.2. The topological polar surface area (TPSA) is 49.8 Å². The molecule has 0 bridgehead atoms. The second kappa shape index (κ2) is 8.35. The standard InChI is InChI=1S/C14H25BrN4/c1-5-7-16-13-12(15)14(18-9-17-13)19-11(4)8-10(3)6-2/h9-11H,5-8H2,1-4H3,(H2,16,17,18,19). The summed E-state index contributed by atoms with van der Waals surface area (Å²) in [5.41, 5.74) is 0. The van der Waals surface area contributed by atoms with Gasteiger partial charge in [0.15, 0.2) is 0 Å². The van der Waals surface area contributed by atoms with Crippen LogP contribution in [-0.2, 0) is 0 Å². The summed E-state index contributed by atoms with van der Waals surface area (Å²) in [7, 11) is 0. The number of nitrogens with one attached hydrogen (secondary N) is 2. The van der Waals surface area contributed by atoms with Gasteiger partial charge in [-0.25, -0.2) is 9.97 Å². The lowest BCUT2D eigenvalue weighted by atomic mass is 10.0. The van der Waals surface area contributed by atoms with E-state index in [9.17, 15) is 0 Å². The van der Waals surface area contributed by atoms with E-state index in [0.717, 1.165) is 41.4 Å². The van der Waals surface area contributed by atoms with Crippen molar-refractivity contribution in [3.05, 3.63) is 10.8 Å². The highest BCUT2D eigenvalue weighted by molar-refractivity contribution is 9.10. The van der Waals surface area contributed by atoms with Crippen LogP contribution in [0, 0.1) is 5.92 Å². The Morgan fingerprint density at radius 2 is 1.89 bits per heavy atom. The first-order valence-electron chi connectivity index (χ1n) is 7.09. The fourth-order valence-electron chi connectivity index (χ4n) is 1.90. The number of nitrogens with zero attached hydrogens (tertiary/aromatic N) is 2. The van der Waals surface area contributed by atoms with Crippen LogP contribution in [0.25, 0.3) is 0 Å². The molecule has 0 amide bonds. The summed E-state index contributed by atoms with van der Waals surface area (Å²) in [5, 5.41) is 6.74. The molecule has 0 fully saturated rings. The summed E-state index contributed by atoms with van der Waals surface area (Å²) in [4.78, 5) is 8.56. The average Bonchev–Trinajstić information content (AvgIpc) is 2.39. The smallest absolute Gasteiger partial charge is 0.146 e. The molecule has 0 aliphatic rings. The maximum Gasteiger partial charge on any atom is 0.146 e. The Balaban J connectivity index is 2.67. The molecule has 1 rings (SSSR count). The van der Waals surface area contributed by atoms with Crippen molar-refractivity contribution in [2.24, 2.45) is 5.92 Å². The van der Waals surface area contributed by atoms with Gasteiger partial charge in [-0.05, 0) is 41.6 Å². The zero-order valence-electron chi connectivity index (χ0n) is 12.3. The molecule has 0 aliphatic heterocycles. The number of halogens is 1. The van der Waals surface area contributed by atoms with Crippen molar-refractivity contribution in [2.75, 3.05) is 17.2 Å². The average molecular weight is 329 g/mol. The van der Waals surface area contributed by atoms with E-state index in [0.29, 0.717) is 6.04 Å². The summed E-state index contributed by atoms with van der Waals surface area (Å²) in [6.07, 6.45) is 5.02. The Hall–Kier alpha value is -0.840. The number of anilines is 2. The number of rotatable bonds is 8. The van der Waals surface area contributed by atoms with Gasteiger partial charge < -0.3 is 10.6 Å². The van der Waals surface area contributed by atoms with Crippen LogP contribution >= 0.6 is 15.9 Å². The molecule has 0 aliphatic carbocycles. The molecule has 0 saturated heterocycles. The fraction of sp³-hybridized carbons (Fsp3) is 0.714. The maximum atomic E-state index is 4.31. The fourth-order valence-corrected chi connectivity index (χ4v) is 2.36. The van der Waals surface area contributed by atoms with E-state index >= 15 is 0 Å². The van der Waals surface area contributed by atoms with Gasteiger partial charge in [-0.3, -0.25) is 0 Å². The van der Waals surface area contributed by atoms with Gasteiger partial charge in [0.25, 0.3) is 0 Å². The number of hydrogen-bond acceptors (Lipinski definition) is 4. The summed E-state index contributed by atoms with van der Waals surface area (Å²) in [5.74, 6) is 2.44. The zero-order chi connectivity index (χ0) is 14.3. The highest BCUT2D eigenvalue weighted by atomic mass is 79.9. The lowest BCUT2D eigenvalue weighted by molar-refractivity contribution is 0.483. The van der Waals surface area contributed by atoms with Gasteiger partial charge in [-0.15, -0.1) is 0 Å². The van der Waals surface area contributed by atoms with Crippen LogP contribution in [0.5, 0.6) is 0 Å². The molecule has 5 heteroatoms. The minimum atomic E-state index is 0.403. The Labute approximate surface area is 124 Å². The van der Waals surface area contributed by atoms with Gasteiger partial charge >= 0.3 is 0 Å². The van der Waals surface area contributed by atoms with Gasteiger partial charge in [0.2, 0.25) is 0 Å². The lowest BCUT2D eigenvalue weighted by Gasteiger charge is -2.19. The Morgan fingerprint density at radius 3 is 2.53 bits per heavy atom. The molecule has 2 N–H and O–H groups in total. The van der Waals surface area contributed by atoms with Crippen LogP contribution in [0.2, 0.25) is 0 Å². The first-order valence-corrected chi connectivity index (χ1v) is 7.88. The third-order valence-corrected chi connectivity index (χ3v) is 3.92. The summed E-state index contributed by atoms with van der Waals surface area (Å²) in [6.45, 7) is 9.75. The van der Waals surface area contributed by atoms with E-state index in [2.05, 4.69) is 64.2 Å². The van der Waals surface area contributed by atoms with Gasteiger partial charge in [0.05, 0.1) is 0 Å². The third-order valence-electron chi connectivity index (χ3n) is 3.17. The molecule has 4 nitrogen and oxygen atoms in total. The Morgan fingerprint density at radius 1 is 1.21 bits per heavy atom. The molecule has 108 valence electrons. The summed E-state index contributed by atoms with van der Waals surface area (Å²) < 4.78 is 0.916.